The van der Waals surface area contributed by atoms with Crippen LogP contribution in [0.5, 0.6) is 0 Å². The molecule has 2 aliphatic rings. The number of hydrogen-bond donors (Lipinski definition) is 2. The Labute approximate surface area is 168 Å². The van der Waals surface area contributed by atoms with Crippen molar-refractivity contribution in [3.05, 3.63) is 28.3 Å². The predicted molar refractivity (Wildman–Crippen MR) is 110 cm³/mol. The molecule has 0 spiro atoms. The normalized spacial score (nSPS) is 19.2. The number of ether oxygens (including phenoxy) is 1. The highest BCUT2D eigenvalue weighted by Crippen LogP contribution is 2.39. The van der Waals surface area contributed by atoms with Crippen molar-refractivity contribution in [1.29, 1.82) is 0 Å². The maximum Gasteiger partial charge on any atom is 0.306 e. The van der Waals surface area contributed by atoms with Gasteiger partial charge in [-0.05, 0) is 40.0 Å². The fourth-order valence-electron chi connectivity index (χ4n) is 4.29. The van der Waals surface area contributed by atoms with Crippen LogP contribution in [0, 0.1) is 11.3 Å². The third kappa shape index (κ3) is 4.17. The smallest absolute Gasteiger partial charge is 0.306 e. The minimum Gasteiger partial charge on any atom is -0.469 e. The van der Waals surface area contributed by atoms with Crippen LogP contribution in [-0.2, 0) is 33.8 Å². The number of rotatable bonds is 4. The second-order valence-corrected chi connectivity index (χ2v) is 9.53. The number of benzene rings is 1. The summed E-state index contributed by atoms with van der Waals surface area (Å²) in [7, 11) is 1.38. The van der Waals surface area contributed by atoms with E-state index in [-0.39, 0.29) is 29.6 Å². The Bertz CT molecular complexity index is 780. The van der Waals surface area contributed by atoms with Gasteiger partial charge < -0.3 is 15.1 Å². The quantitative estimate of drug-likeness (QED) is 0.776. The molecule has 0 radical (unpaired) electrons. The van der Waals surface area contributed by atoms with Crippen LogP contribution < -0.4 is 10.9 Å². The highest BCUT2D eigenvalue weighted by atomic mass is 16.5. The molecule has 1 aromatic rings. The van der Waals surface area contributed by atoms with Gasteiger partial charge in [0.2, 0.25) is 5.91 Å². The molecule has 1 unspecified atom stereocenters. The first-order valence-corrected chi connectivity index (χ1v) is 10.1. The number of nitrogens with zero attached hydrogens (tertiary/aromatic N) is 1. The lowest BCUT2D eigenvalue weighted by Crippen LogP contribution is -2.40. The second-order valence-electron chi connectivity index (χ2n) is 9.53. The van der Waals surface area contributed by atoms with E-state index in [1.807, 2.05) is 4.90 Å². The van der Waals surface area contributed by atoms with Gasteiger partial charge >= 0.3 is 5.97 Å². The number of methoxy groups -OCH3 is 1. The van der Waals surface area contributed by atoms with E-state index >= 15 is 0 Å². The molecular formula is C22H33N3O3. The largest absolute Gasteiger partial charge is 0.469 e. The number of fused-ring (bicyclic) bond motifs is 3. The summed E-state index contributed by atoms with van der Waals surface area (Å²) >= 11 is 0. The molecule has 2 heterocycles. The van der Waals surface area contributed by atoms with Gasteiger partial charge in [-0.1, -0.05) is 40.7 Å². The summed E-state index contributed by atoms with van der Waals surface area (Å²) < 4.78 is 4.87. The number of esters is 1. The molecule has 28 heavy (non-hydrogen) atoms. The average molecular weight is 388 g/mol. The van der Waals surface area contributed by atoms with Gasteiger partial charge in [-0.2, -0.15) is 0 Å². The van der Waals surface area contributed by atoms with Crippen molar-refractivity contribution >= 4 is 17.6 Å². The molecule has 0 fully saturated rings. The minimum atomic E-state index is -0.378. The lowest BCUT2D eigenvalue weighted by molar-refractivity contribution is -0.147. The molecule has 0 bridgehead atoms. The highest BCUT2D eigenvalue weighted by Gasteiger charge is 2.35. The van der Waals surface area contributed by atoms with E-state index in [1.54, 1.807) is 0 Å². The van der Waals surface area contributed by atoms with Crippen molar-refractivity contribution in [2.24, 2.45) is 11.3 Å². The van der Waals surface area contributed by atoms with Crippen LogP contribution in [0.25, 0.3) is 0 Å². The molecule has 0 aromatic heterocycles. The predicted octanol–water partition coefficient (Wildman–Crippen LogP) is 3.35. The second kappa shape index (κ2) is 7.74. The first-order valence-electron chi connectivity index (χ1n) is 10.1. The number of hydrazine groups is 1. The van der Waals surface area contributed by atoms with Gasteiger partial charge in [0.15, 0.2) is 0 Å². The van der Waals surface area contributed by atoms with Crippen molar-refractivity contribution in [2.75, 3.05) is 19.1 Å². The van der Waals surface area contributed by atoms with E-state index in [9.17, 15) is 9.59 Å². The monoisotopic (exact) mass is 387 g/mol. The van der Waals surface area contributed by atoms with Crippen LogP contribution >= 0.6 is 0 Å². The average Bonchev–Trinajstić information content (AvgIpc) is 3.05. The molecule has 6 heteroatoms. The molecule has 6 nitrogen and oxygen atoms in total. The first kappa shape index (κ1) is 20.6. The van der Waals surface area contributed by atoms with E-state index in [4.69, 9.17) is 4.74 Å². The van der Waals surface area contributed by atoms with Crippen LogP contribution in [0.3, 0.4) is 0 Å². The molecule has 2 N–H and O–H groups in total. The molecule has 154 valence electrons. The van der Waals surface area contributed by atoms with E-state index in [0.717, 1.165) is 12.2 Å². The van der Waals surface area contributed by atoms with Crippen LogP contribution in [-0.4, -0.2) is 30.4 Å². The maximum absolute atomic E-state index is 13.3. The number of hydrogen-bond acceptors (Lipinski definition) is 5. The summed E-state index contributed by atoms with van der Waals surface area (Å²) in [6, 6.07) is 2.23. The van der Waals surface area contributed by atoms with Gasteiger partial charge in [0.05, 0.1) is 25.1 Å². The van der Waals surface area contributed by atoms with Crippen LogP contribution in [0.1, 0.15) is 69.2 Å². The number of anilines is 1. The van der Waals surface area contributed by atoms with Crippen molar-refractivity contribution in [1.82, 2.24) is 10.3 Å². The molecule has 0 saturated carbocycles. The summed E-state index contributed by atoms with van der Waals surface area (Å²) in [6.45, 7) is 12.8. The standard InChI is InChI=1S/C22H33N3O3/c1-13(2)16-8-14-7-15(9-19(26)28-6)21(27)25(12-22(3,4)5)11-18(14)17-10-23-24-20(16)17/h8,13,15,23-24H,7,9-12H2,1-6H3. The molecule has 3 rings (SSSR count). The topological polar surface area (TPSA) is 70.7 Å². The Morgan fingerprint density at radius 2 is 2.04 bits per heavy atom. The summed E-state index contributed by atoms with van der Waals surface area (Å²) in [5, 5.41) is 0. The molecule has 1 atom stereocenters. The zero-order valence-electron chi connectivity index (χ0n) is 17.9. The zero-order valence-corrected chi connectivity index (χ0v) is 17.9. The molecule has 0 saturated heterocycles. The van der Waals surface area contributed by atoms with Gasteiger partial charge in [0, 0.05) is 19.6 Å². The van der Waals surface area contributed by atoms with Crippen molar-refractivity contribution in [3.63, 3.8) is 0 Å². The van der Waals surface area contributed by atoms with Gasteiger partial charge in [-0.25, -0.2) is 5.43 Å². The third-order valence-electron chi connectivity index (χ3n) is 5.55. The Morgan fingerprint density at radius 3 is 2.64 bits per heavy atom. The molecule has 1 aromatic carbocycles. The van der Waals surface area contributed by atoms with E-state index in [1.165, 1.54) is 29.4 Å². The Hall–Kier alpha value is -2.08. The minimum absolute atomic E-state index is 0.0203. The van der Waals surface area contributed by atoms with Crippen molar-refractivity contribution < 1.29 is 14.3 Å². The van der Waals surface area contributed by atoms with Gasteiger partial charge in [0.25, 0.3) is 0 Å². The lowest BCUT2D eigenvalue weighted by Gasteiger charge is -2.31. The lowest BCUT2D eigenvalue weighted by atomic mass is 9.87. The number of amides is 1. The van der Waals surface area contributed by atoms with Gasteiger partial charge in [-0.15, -0.1) is 0 Å². The summed E-state index contributed by atoms with van der Waals surface area (Å²) in [6.07, 6.45) is 0.705. The Morgan fingerprint density at radius 1 is 1.32 bits per heavy atom. The fourth-order valence-corrected chi connectivity index (χ4v) is 4.29. The highest BCUT2D eigenvalue weighted by molar-refractivity contribution is 5.85. The summed E-state index contributed by atoms with van der Waals surface area (Å²) in [4.78, 5) is 27.3. The van der Waals surface area contributed by atoms with Crippen LogP contribution in [0.4, 0.5) is 5.69 Å². The molecular weight excluding hydrogens is 354 g/mol. The van der Waals surface area contributed by atoms with Crippen molar-refractivity contribution in [3.8, 4) is 0 Å². The van der Waals surface area contributed by atoms with E-state index in [2.05, 4.69) is 51.5 Å². The number of nitrogens with one attached hydrogen (secondary N) is 2. The number of carbonyl (C=O) groups is 2. The Balaban J connectivity index is 2.08. The first-order chi connectivity index (χ1) is 13.1. The van der Waals surface area contributed by atoms with E-state index in [0.29, 0.717) is 25.4 Å². The van der Waals surface area contributed by atoms with Crippen LogP contribution in [0.2, 0.25) is 0 Å². The number of carbonyl (C=O) groups excluding carboxylic acids is 2. The molecule has 0 aliphatic carbocycles. The van der Waals surface area contributed by atoms with Crippen molar-refractivity contribution in [2.45, 2.75) is 66.5 Å². The van der Waals surface area contributed by atoms with Gasteiger partial charge in [0.1, 0.15) is 0 Å². The van der Waals surface area contributed by atoms with E-state index < -0.39 is 0 Å². The summed E-state index contributed by atoms with van der Waals surface area (Å²) in [5.41, 5.74) is 12.6. The maximum atomic E-state index is 13.3. The summed E-state index contributed by atoms with van der Waals surface area (Å²) in [5.74, 6) is -0.284. The van der Waals surface area contributed by atoms with Gasteiger partial charge in [-0.3, -0.25) is 9.59 Å². The fraction of sp³-hybridized carbons (Fsp3) is 0.636. The van der Waals surface area contributed by atoms with Crippen LogP contribution in [0.15, 0.2) is 6.07 Å². The SMILES string of the molecule is COC(=O)CC1Cc2cc(C(C)C)c3c(c2CN(CC(C)(C)C)C1=O)CNN3. The zero-order chi connectivity index (χ0) is 20.6. The molecule has 2 aliphatic heterocycles. The third-order valence-corrected chi connectivity index (χ3v) is 5.55. The Kier molecular flexibility index (Phi) is 5.71. The molecule has 1 amide bonds.